The fraction of sp³-hybridized carbons (Fsp3) is 0.0833. The van der Waals surface area contributed by atoms with Crippen LogP contribution in [0.15, 0.2) is 40.6 Å². The summed E-state index contributed by atoms with van der Waals surface area (Å²) in [5.41, 5.74) is 5.74. The third-order valence-electron chi connectivity index (χ3n) is 2.26. The second kappa shape index (κ2) is 5.66. The van der Waals surface area contributed by atoms with Gasteiger partial charge in [0.15, 0.2) is 0 Å². The summed E-state index contributed by atoms with van der Waals surface area (Å²) in [5, 5.41) is 0.516. The van der Waals surface area contributed by atoms with E-state index in [9.17, 15) is 9.18 Å². The molecule has 0 aliphatic rings. The van der Waals surface area contributed by atoms with Gasteiger partial charge < -0.3 is 10.5 Å². The van der Waals surface area contributed by atoms with Crippen molar-refractivity contribution in [3.8, 4) is 0 Å². The molecule has 2 N–H and O–H groups in total. The number of hydrogen-bond donors (Lipinski definition) is 1. The Bertz CT molecular complexity index is 607. The van der Waals surface area contributed by atoms with E-state index in [2.05, 4.69) is 14.7 Å². The summed E-state index contributed by atoms with van der Waals surface area (Å²) in [7, 11) is 1.24. The molecule has 0 spiro atoms. The molecule has 0 radical (unpaired) electrons. The topological polar surface area (TPSA) is 78.1 Å². The maximum atomic E-state index is 13.8. The number of esters is 1. The van der Waals surface area contributed by atoms with Crippen molar-refractivity contribution in [3.63, 3.8) is 0 Å². The molecule has 1 aromatic heterocycles. The molecule has 19 heavy (non-hydrogen) atoms. The van der Waals surface area contributed by atoms with Crippen LogP contribution < -0.4 is 5.73 Å². The van der Waals surface area contributed by atoms with Crippen molar-refractivity contribution >= 4 is 23.4 Å². The van der Waals surface area contributed by atoms with E-state index in [1.807, 2.05) is 0 Å². The first-order valence-electron chi connectivity index (χ1n) is 5.23. The molecule has 2 rings (SSSR count). The van der Waals surface area contributed by atoms with Gasteiger partial charge >= 0.3 is 5.97 Å². The lowest BCUT2D eigenvalue weighted by Gasteiger charge is -2.08. The number of methoxy groups -OCH3 is 1. The molecule has 1 heterocycles. The Morgan fingerprint density at radius 2 is 2.21 bits per heavy atom. The van der Waals surface area contributed by atoms with E-state index < -0.39 is 11.8 Å². The van der Waals surface area contributed by atoms with Gasteiger partial charge in [0.05, 0.1) is 23.8 Å². The quantitative estimate of drug-likeness (QED) is 0.685. The van der Waals surface area contributed by atoms with Crippen molar-refractivity contribution in [1.29, 1.82) is 0 Å². The fourth-order valence-electron chi connectivity index (χ4n) is 1.38. The molecule has 7 heteroatoms. The van der Waals surface area contributed by atoms with Gasteiger partial charge in [-0.25, -0.2) is 14.2 Å². The maximum Gasteiger partial charge on any atom is 0.339 e. The third-order valence-corrected chi connectivity index (χ3v) is 3.22. The zero-order valence-electron chi connectivity index (χ0n) is 9.96. The average Bonchev–Trinajstić information content (AvgIpc) is 2.42. The summed E-state index contributed by atoms with van der Waals surface area (Å²) in [4.78, 5) is 19.6. The number of benzene rings is 1. The average molecular weight is 279 g/mol. The normalized spacial score (nSPS) is 10.2. The van der Waals surface area contributed by atoms with E-state index in [0.717, 1.165) is 17.8 Å². The van der Waals surface area contributed by atoms with Crippen LogP contribution in [0.3, 0.4) is 0 Å². The lowest BCUT2D eigenvalue weighted by atomic mass is 10.2. The van der Waals surface area contributed by atoms with Gasteiger partial charge in [-0.05, 0) is 12.1 Å². The predicted octanol–water partition coefficient (Wildman–Crippen LogP) is 2.14. The fourth-order valence-corrected chi connectivity index (χ4v) is 2.17. The van der Waals surface area contributed by atoms with Gasteiger partial charge in [0.2, 0.25) is 0 Å². The van der Waals surface area contributed by atoms with Crippen LogP contribution in [0, 0.1) is 5.82 Å². The van der Waals surface area contributed by atoms with Crippen LogP contribution in [-0.2, 0) is 4.74 Å². The van der Waals surface area contributed by atoms with Crippen LogP contribution in [0.5, 0.6) is 0 Å². The minimum Gasteiger partial charge on any atom is -0.465 e. The molecule has 2 aromatic rings. The lowest BCUT2D eigenvalue weighted by molar-refractivity contribution is 0.0601. The number of halogens is 1. The molecule has 0 saturated carbocycles. The van der Waals surface area contributed by atoms with Crippen molar-refractivity contribution in [2.75, 3.05) is 12.8 Å². The SMILES string of the molecule is COC(=O)c1cc(Sc2cnccn2)c(F)cc1N. The number of nitrogens with two attached hydrogens (primary N) is 1. The smallest absolute Gasteiger partial charge is 0.339 e. The van der Waals surface area contributed by atoms with Crippen LogP contribution in [0.25, 0.3) is 0 Å². The molecule has 0 saturated heterocycles. The molecule has 5 nitrogen and oxygen atoms in total. The third kappa shape index (κ3) is 3.00. The van der Waals surface area contributed by atoms with Gasteiger partial charge in [0.25, 0.3) is 0 Å². The van der Waals surface area contributed by atoms with Crippen LogP contribution in [-0.4, -0.2) is 23.0 Å². The standard InChI is InChI=1S/C12H10FN3O2S/c1-18-12(17)7-4-10(8(13)5-9(7)14)19-11-6-15-2-3-16-11/h2-6H,14H2,1H3. The number of carbonyl (C=O) groups excluding carboxylic acids is 1. The van der Waals surface area contributed by atoms with Gasteiger partial charge in [-0.3, -0.25) is 4.98 Å². The molecule has 0 aliphatic heterocycles. The van der Waals surface area contributed by atoms with Gasteiger partial charge in [0, 0.05) is 18.1 Å². The summed E-state index contributed by atoms with van der Waals surface area (Å²) < 4.78 is 18.4. The molecular weight excluding hydrogens is 269 g/mol. The second-order valence-corrected chi connectivity index (χ2v) is 4.57. The second-order valence-electron chi connectivity index (χ2n) is 3.51. The number of ether oxygens (including phenoxy) is 1. The number of rotatable bonds is 3. The summed E-state index contributed by atoms with van der Waals surface area (Å²) in [6.07, 6.45) is 4.51. The molecule has 98 valence electrons. The Morgan fingerprint density at radius 3 is 2.84 bits per heavy atom. The highest BCUT2D eigenvalue weighted by Gasteiger charge is 2.15. The van der Waals surface area contributed by atoms with Crippen LogP contribution in [0.4, 0.5) is 10.1 Å². The summed E-state index contributed by atoms with van der Waals surface area (Å²) in [6, 6.07) is 2.43. The summed E-state index contributed by atoms with van der Waals surface area (Å²) in [5.74, 6) is -1.14. The Morgan fingerprint density at radius 1 is 1.42 bits per heavy atom. The van der Waals surface area contributed by atoms with Gasteiger partial charge in [-0.15, -0.1) is 0 Å². The Kier molecular flexibility index (Phi) is 3.96. The van der Waals surface area contributed by atoms with Crippen LogP contribution in [0.1, 0.15) is 10.4 Å². The van der Waals surface area contributed by atoms with E-state index in [0.29, 0.717) is 5.03 Å². The molecule has 0 aliphatic carbocycles. The van der Waals surface area contributed by atoms with Crippen molar-refractivity contribution in [2.45, 2.75) is 9.92 Å². The maximum absolute atomic E-state index is 13.8. The minimum absolute atomic E-state index is 0.0350. The van der Waals surface area contributed by atoms with Crippen LogP contribution >= 0.6 is 11.8 Å². The van der Waals surface area contributed by atoms with Gasteiger partial charge in [0.1, 0.15) is 10.8 Å². The number of carbonyl (C=O) groups is 1. The zero-order chi connectivity index (χ0) is 13.8. The van der Waals surface area contributed by atoms with E-state index in [1.165, 1.54) is 31.8 Å². The van der Waals surface area contributed by atoms with Gasteiger partial charge in [-0.2, -0.15) is 0 Å². The van der Waals surface area contributed by atoms with Crippen molar-refractivity contribution in [3.05, 3.63) is 42.1 Å². The Labute approximate surface area is 113 Å². The van der Waals surface area contributed by atoms with Crippen molar-refractivity contribution in [2.24, 2.45) is 0 Å². The van der Waals surface area contributed by atoms with Crippen molar-refractivity contribution in [1.82, 2.24) is 9.97 Å². The molecule has 0 amide bonds. The van der Waals surface area contributed by atoms with Crippen LogP contribution in [0.2, 0.25) is 0 Å². The molecule has 0 unspecified atom stereocenters. The summed E-state index contributed by atoms with van der Waals surface area (Å²) >= 11 is 1.05. The highest BCUT2D eigenvalue weighted by molar-refractivity contribution is 7.99. The first-order valence-corrected chi connectivity index (χ1v) is 6.04. The van der Waals surface area contributed by atoms with E-state index >= 15 is 0 Å². The first-order chi connectivity index (χ1) is 9.11. The number of nitrogens with zero attached hydrogens (tertiary/aromatic N) is 2. The van der Waals surface area contributed by atoms with E-state index in [-0.39, 0.29) is 16.1 Å². The van der Waals surface area contributed by atoms with E-state index in [1.54, 1.807) is 0 Å². The minimum atomic E-state index is -0.613. The number of hydrogen-bond acceptors (Lipinski definition) is 6. The predicted molar refractivity (Wildman–Crippen MR) is 68.3 cm³/mol. The highest BCUT2D eigenvalue weighted by atomic mass is 32.2. The molecule has 1 aromatic carbocycles. The molecule has 0 atom stereocenters. The highest BCUT2D eigenvalue weighted by Crippen LogP contribution is 2.31. The molecular formula is C12H10FN3O2S. The molecule has 0 bridgehead atoms. The Balaban J connectivity index is 2.38. The first kappa shape index (κ1) is 13.3. The van der Waals surface area contributed by atoms with Gasteiger partial charge in [-0.1, -0.05) is 11.8 Å². The zero-order valence-corrected chi connectivity index (χ0v) is 10.8. The Hall–Kier alpha value is -2.15. The number of aromatic nitrogens is 2. The number of nitrogen functional groups attached to an aromatic ring is 1. The molecule has 0 fully saturated rings. The number of anilines is 1. The lowest BCUT2D eigenvalue weighted by Crippen LogP contribution is -2.06. The van der Waals surface area contributed by atoms with Crippen molar-refractivity contribution < 1.29 is 13.9 Å². The van der Waals surface area contributed by atoms with E-state index in [4.69, 9.17) is 5.73 Å². The summed E-state index contributed by atoms with van der Waals surface area (Å²) in [6.45, 7) is 0. The monoisotopic (exact) mass is 279 g/mol. The largest absolute Gasteiger partial charge is 0.465 e.